The van der Waals surface area contributed by atoms with E-state index in [2.05, 4.69) is 5.32 Å². The largest absolute Gasteiger partial charge is 0.492 e. The second-order valence-corrected chi connectivity index (χ2v) is 4.67. The molecule has 6 heteroatoms. The molecule has 2 aromatic carbocycles. The fraction of sp³-hybridized carbons (Fsp3) is 0.133. The molecule has 4 nitrogen and oxygen atoms in total. The Bertz CT molecular complexity index is 677. The fourth-order valence-electron chi connectivity index (χ4n) is 1.76. The van der Waals surface area contributed by atoms with E-state index in [1.165, 1.54) is 18.2 Å². The highest BCUT2D eigenvalue weighted by Gasteiger charge is 2.11. The number of nitrogens with one attached hydrogen (secondary N) is 1. The van der Waals surface area contributed by atoms with Gasteiger partial charge < -0.3 is 15.8 Å². The average Bonchev–Trinajstić information content (AvgIpc) is 2.45. The molecule has 3 N–H and O–H groups in total. The molecule has 1 amide bonds. The van der Waals surface area contributed by atoms with Crippen molar-refractivity contribution in [3.8, 4) is 5.75 Å². The molecule has 0 aliphatic heterocycles. The number of ether oxygens (including phenoxy) is 1. The normalized spacial score (nSPS) is 10.2. The molecular weight excluding hydrogens is 295 g/mol. The number of amides is 1. The van der Waals surface area contributed by atoms with Crippen LogP contribution in [0.15, 0.2) is 36.4 Å². The first kappa shape index (κ1) is 15.1. The quantitative estimate of drug-likeness (QED) is 0.846. The minimum Gasteiger partial charge on any atom is -0.492 e. The number of hydrogen-bond donors (Lipinski definition) is 2. The van der Waals surface area contributed by atoms with Crippen molar-refractivity contribution in [3.05, 3.63) is 52.8 Å². The zero-order chi connectivity index (χ0) is 15.4. The number of carbonyl (C=O) groups is 1. The molecule has 0 radical (unpaired) electrons. The highest BCUT2D eigenvalue weighted by molar-refractivity contribution is 6.33. The van der Waals surface area contributed by atoms with Crippen LogP contribution >= 0.6 is 11.6 Å². The molecule has 0 atom stereocenters. The van der Waals surface area contributed by atoms with E-state index in [1.54, 1.807) is 12.1 Å². The molecule has 0 bridgehead atoms. The van der Waals surface area contributed by atoms with Crippen LogP contribution < -0.4 is 15.8 Å². The number of rotatable bonds is 4. The predicted molar refractivity (Wildman–Crippen MR) is 81.4 cm³/mol. The predicted octanol–water partition coefficient (Wildman–Crippen LogP) is 3.71. The first-order chi connectivity index (χ1) is 10.0. The van der Waals surface area contributed by atoms with Crippen LogP contribution in [-0.2, 0) is 0 Å². The summed E-state index contributed by atoms with van der Waals surface area (Å²) in [4.78, 5) is 12.1. The molecular formula is C15H14ClFN2O2. The lowest BCUT2D eigenvalue weighted by molar-refractivity contribution is 0.102. The minimum atomic E-state index is -0.485. The third kappa shape index (κ3) is 3.64. The van der Waals surface area contributed by atoms with Crippen LogP contribution in [0.1, 0.15) is 17.3 Å². The number of hydrogen-bond acceptors (Lipinski definition) is 3. The summed E-state index contributed by atoms with van der Waals surface area (Å²) in [7, 11) is 0. The van der Waals surface area contributed by atoms with Crippen LogP contribution in [0.5, 0.6) is 5.75 Å². The lowest BCUT2D eigenvalue weighted by Crippen LogP contribution is -2.13. The number of carbonyl (C=O) groups excluding carboxylic acids is 1. The number of nitrogen functional groups attached to an aromatic ring is 1. The molecule has 0 unspecified atom stereocenters. The lowest BCUT2D eigenvalue weighted by Gasteiger charge is -2.10. The maximum absolute atomic E-state index is 13.2. The smallest absolute Gasteiger partial charge is 0.255 e. The third-order valence-corrected chi connectivity index (χ3v) is 3.08. The van der Waals surface area contributed by atoms with Gasteiger partial charge in [-0.25, -0.2) is 4.39 Å². The SMILES string of the molecule is CCOc1ccc(C(=O)Nc2cc(F)ccc2Cl)cc1N. The van der Waals surface area contributed by atoms with Gasteiger partial charge in [0, 0.05) is 5.56 Å². The van der Waals surface area contributed by atoms with Crippen LogP contribution in [0.3, 0.4) is 0 Å². The summed E-state index contributed by atoms with van der Waals surface area (Å²) in [5.74, 6) is -0.406. The molecule has 0 fully saturated rings. The minimum absolute atomic E-state index is 0.203. The van der Waals surface area contributed by atoms with Crippen LogP contribution in [0.4, 0.5) is 15.8 Å². The van der Waals surface area contributed by atoms with E-state index < -0.39 is 11.7 Å². The molecule has 2 rings (SSSR count). The first-order valence-corrected chi connectivity index (χ1v) is 6.67. The molecule has 0 aliphatic carbocycles. The maximum Gasteiger partial charge on any atom is 0.255 e. The summed E-state index contributed by atoms with van der Waals surface area (Å²) < 4.78 is 18.5. The van der Waals surface area contributed by atoms with Crippen molar-refractivity contribution in [1.82, 2.24) is 0 Å². The Morgan fingerprint density at radius 2 is 2.10 bits per heavy atom. The van der Waals surface area contributed by atoms with Gasteiger partial charge in [-0.3, -0.25) is 4.79 Å². The maximum atomic E-state index is 13.2. The second kappa shape index (κ2) is 6.45. The van der Waals surface area contributed by atoms with Gasteiger partial charge in [-0.05, 0) is 43.3 Å². The van der Waals surface area contributed by atoms with E-state index in [1.807, 2.05) is 6.92 Å². The van der Waals surface area contributed by atoms with E-state index >= 15 is 0 Å². The monoisotopic (exact) mass is 308 g/mol. The van der Waals surface area contributed by atoms with Crippen LogP contribution in [-0.4, -0.2) is 12.5 Å². The van der Waals surface area contributed by atoms with E-state index in [4.69, 9.17) is 22.1 Å². The van der Waals surface area contributed by atoms with Gasteiger partial charge in [-0.2, -0.15) is 0 Å². The Morgan fingerprint density at radius 3 is 2.76 bits per heavy atom. The number of anilines is 2. The van der Waals surface area contributed by atoms with Gasteiger partial charge in [0.15, 0.2) is 0 Å². The Hall–Kier alpha value is -2.27. The fourth-order valence-corrected chi connectivity index (χ4v) is 1.93. The number of benzene rings is 2. The van der Waals surface area contributed by atoms with Gasteiger partial charge in [0.2, 0.25) is 0 Å². The molecule has 0 aliphatic rings. The van der Waals surface area contributed by atoms with Crippen LogP contribution in [0, 0.1) is 5.82 Å². The van der Waals surface area contributed by atoms with Crippen molar-refractivity contribution in [3.63, 3.8) is 0 Å². The van der Waals surface area contributed by atoms with Crippen molar-refractivity contribution in [2.75, 3.05) is 17.7 Å². The summed E-state index contributed by atoms with van der Waals surface area (Å²) in [6.07, 6.45) is 0. The van der Waals surface area contributed by atoms with Crippen molar-refractivity contribution < 1.29 is 13.9 Å². The molecule has 0 saturated carbocycles. The zero-order valence-electron chi connectivity index (χ0n) is 11.3. The van der Waals surface area contributed by atoms with Crippen LogP contribution in [0.2, 0.25) is 5.02 Å². The molecule has 0 heterocycles. The van der Waals surface area contributed by atoms with Gasteiger partial charge in [0.25, 0.3) is 5.91 Å². The molecule has 0 saturated heterocycles. The van der Waals surface area contributed by atoms with Crippen molar-refractivity contribution in [1.29, 1.82) is 0 Å². The van der Waals surface area contributed by atoms with Crippen molar-refractivity contribution >= 4 is 28.9 Å². The standard InChI is InChI=1S/C15H14ClFN2O2/c1-2-21-14-6-3-9(7-12(14)18)15(20)19-13-8-10(17)4-5-11(13)16/h3-8H,2,18H2,1H3,(H,19,20). The first-order valence-electron chi connectivity index (χ1n) is 6.30. The Kier molecular flexibility index (Phi) is 4.65. The Morgan fingerprint density at radius 1 is 1.33 bits per heavy atom. The molecule has 0 aromatic heterocycles. The number of nitrogens with two attached hydrogens (primary N) is 1. The van der Waals surface area contributed by atoms with Gasteiger partial charge in [0.05, 0.1) is 23.0 Å². The average molecular weight is 309 g/mol. The lowest BCUT2D eigenvalue weighted by atomic mass is 10.1. The summed E-state index contributed by atoms with van der Waals surface area (Å²) in [5.41, 5.74) is 6.69. The highest BCUT2D eigenvalue weighted by Crippen LogP contribution is 2.25. The Labute approximate surface area is 126 Å². The van der Waals surface area contributed by atoms with Crippen LogP contribution in [0.25, 0.3) is 0 Å². The molecule has 21 heavy (non-hydrogen) atoms. The molecule has 2 aromatic rings. The number of halogens is 2. The van der Waals surface area contributed by atoms with E-state index in [0.717, 1.165) is 6.07 Å². The van der Waals surface area contributed by atoms with E-state index in [-0.39, 0.29) is 10.7 Å². The summed E-state index contributed by atoms with van der Waals surface area (Å²) >= 11 is 5.90. The van der Waals surface area contributed by atoms with Gasteiger partial charge in [0.1, 0.15) is 11.6 Å². The van der Waals surface area contributed by atoms with E-state index in [0.29, 0.717) is 23.6 Å². The van der Waals surface area contributed by atoms with Gasteiger partial charge >= 0.3 is 0 Å². The van der Waals surface area contributed by atoms with Crippen molar-refractivity contribution in [2.45, 2.75) is 6.92 Å². The summed E-state index contributed by atoms with van der Waals surface area (Å²) in [5, 5.41) is 2.79. The topological polar surface area (TPSA) is 64.3 Å². The van der Waals surface area contributed by atoms with E-state index in [9.17, 15) is 9.18 Å². The molecule has 110 valence electrons. The summed E-state index contributed by atoms with van der Waals surface area (Å²) in [6.45, 7) is 2.32. The van der Waals surface area contributed by atoms with Gasteiger partial charge in [-0.1, -0.05) is 11.6 Å². The summed E-state index contributed by atoms with van der Waals surface area (Å²) in [6, 6.07) is 8.42. The van der Waals surface area contributed by atoms with Gasteiger partial charge in [-0.15, -0.1) is 0 Å². The Balaban J connectivity index is 2.20. The molecule has 0 spiro atoms. The zero-order valence-corrected chi connectivity index (χ0v) is 12.1. The second-order valence-electron chi connectivity index (χ2n) is 4.26. The van der Waals surface area contributed by atoms with Crippen molar-refractivity contribution in [2.24, 2.45) is 0 Å². The highest BCUT2D eigenvalue weighted by atomic mass is 35.5. The third-order valence-electron chi connectivity index (χ3n) is 2.75.